The molecule has 17 heavy (non-hydrogen) atoms. The van der Waals surface area contributed by atoms with E-state index in [0.29, 0.717) is 0 Å². The van der Waals surface area contributed by atoms with Crippen LogP contribution in [0.5, 0.6) is 5.75 Å². The van der Waals surface area contributed by atoms with Crippen molar-refractivity contribution in [3.63, 3.8) is 0 Å². The third-order valence-corrected chi connectivity index (χ3v) is 3.54. The fourth-order valence-electron chi connectivity index (χ4n) is 2.26. The van der Waals surface area contributed by atoms with Gasteiger partial charge in [-0.2, -0.15) is 0 Å². The van der Waals surface area contributed by atoms with Crippen LogP contribution in [0.15, 0.2) is 24.3 Å². The first-order valence-electron chi connectivity index (χ1n) is 6.81. The van der Waals surface area contributed by atoms with E-state index in [1.807, 2.05) is 19.1 Å². The van der Waals surface area contributed by atoms with Crippen molar-refractivity contribution < 1.29 is 4.74 Å². The summed E-state index contributed by atoms with van der Waals surface area (Å²) in [5.74, 6) is 2.01. The predicted octanol–water partition coefficient (Wildman–Crippen LogP) is 3.37. The fourth-order valence-corrected chi connectivity index (χ4v) is 2.26. The number of para-hydroxylation sites is 1. The van der Waals surface area contributed by atoms with Gasteiger partial charge < -0.3 is 10.1 Å². The number of ether oxygens (including phenoxy) is 1. The standard InChI is InChI=1S/C15H23NO/c1-2-17-15-9-4-3-8-14(15)12-16-11-10-13-6-5-7-13/h3-4,8-9,13,16H,2,5-7,10-12H2,1H3. The zero-order chi connectivity index (χ0) is 11.9. The molecule has 1 N–H and O–H groups in total. The lowest BCUT2D eigenvalue weighted by Crippen LogP contribution is -2.21. The molecule has 0 amide bonds. The summed E-state index contributed by atoms with van der Waals surface area (Å²) in [6.07, 6.45) is 5.66. The number of benzene rings is 1. The molecule has 2 heteroatoms. The van der Waals surface area contributed by atoms with Gasteiger partial charge in [0.25, 0.3) is 0 Å². The molecule has 1 aromatic rings. The van der Waals surface area contributed by atoms with Crippen LogP contribution in [0.4, 0.5) is 0 Å². The highest BCUT2D eigenvalue weighted by Crippen LogP contribution is 2.28. The molecule has 0 radical (unpaired) electrons. The summed E-state index contributed by atoms with van der Waals surface area (Å²) in [5, 5.41) is 3.52. The van der Waals surface area contributed by atoms with Gasteiger partial charge in [-0.25, -0.2) is 0 Å². The Bertz CT molecular complexity index is 333. The second-order valence-corrected chi connectivity index (χ2v) is 4.80. The van der Waals surface area contributed by atoms with E-state index in [1.54, 1.807) is 0 Å². The van der Waals surface area contributed by atoms with Crippen molar-refractivity contribution in [3.05, 3.63) is 29.8 Å². The quantitative estimate of drug-likeness (QED) is 0.729. The zero-order valence-corrected chi connectivity index (χ0v) is 10.7. The minimum atomic E-state index is 0.735. The molecule has 94 valence electrons. The Morgan fingerprint density at radius 2 is 2.12 bits per heavy atom. The van der Waals surface area contributed by atoms with Crippen molar-refractivity contribution in [3.8, 4) is 5.75 Å². The smallest absolute Gasteiger partial charge is 0.123 e. The van der Waals surface area contributed by atoms with Gasteiger partial charge in [0, 0.05) is 12.1 Å². The SMILES string of the molecule is CCOc1ccccc1CNCCC1CCC1. The third-order valence-electron chi connectivity index (χ3n) is 3.54. The van der Waals surface area contributed by atoms with E-state index in [9.17, 15) is 0 Å². The van der Waals surface area contributed by atoms with Gasteiger partial charge in [-0.15, -0.1) is 0 Å². The Morgan fingerprint density at radius 3 is 2.82 bits per heavy atom. The molecule has 1 saturated carbocycles. The van der Waals surface area contributed by atoms with Crippen molar-refractivity contribution >= 4 is 0 Å². The molecule has 0 unspecified atom stereocenters. The van der Waals surface area contributed by atoms with E-state index in [2.05, 4.69) is 17.4 Å². The van der Waals surface area contributed by atoms with Gasteiger partial charge >= 0.3 is 0 Å². The van der Waals surface area contributed by atoms with E-state index >= 15 is 0 Å². The van der Waals surface area contributed by atoms with E-state index in [0.717, 1.165) is 31.4 Å². The molecule has 0 heterocycles. The highest BCUT2D eigenvalue weighted by molar-refractivity contribution is 5.33. The minimum absolute atomic E-state index is 0.735. The van der Waals surface area contributed by atoms with Crippen LogP contribution in [0.3, 0.4) is 0 Å². The number of hydrogen-bond donors (Lipinski definition) is 1. The summed E-state index contributed by atoms with van der Waals surface area (Å²) < 4.78 is 5.61. The van der Waals surface area contributed by atoms with Crippen LogP contribution in [0.25, 0.3) is 0 Å². The molecule has 1 aliphatic rings. The zero-order valence-electron chi connectivity index (χ0n) is 10.7. The third kappa shape index (κ3) is 3.74. The van der Waals surface area contributed by atoms with Crippen LogP contribution in [-0.4, -0.2) is 13.2 Å². The monoisotopic (exact) mass is 233 g/mol. The van der Waals surface area contributed by atoms with Crippen molar-refractivity contribution in [2.45, 2.75) is 39.2 Å². The van der Waals surface area contributed by atoms with Gasteiger partial charge in [0.15, 0.2) is 0 Å². The minimum Gasteiger partial charge on any atom is -0.494 e. The van der Waals surface area contributed by atoms with Crippen LogP contribution < -0.4 is 10.1 Å². The number of rotatable bonds is 7. The van der Waals surface area contributed by atoms with Gasteiger partial charge in [-0.1, -0.05) is 37.5 Å². The van der Waals surface area contributed by atoms with E-state index in [-0.39, 0.29) is 0 Å². The molecule has 2 nitrogen and oxygen atoms in total. The first kappa shape index (κ1) is 12.4. The first-order chi connectivity index (χ1) is 8.40. The normalized spacial score (nSPS) is 15.6. The Balaban J connectivity index is 1.73. The molecule has 2 rings (SSSR count). The second-order valence-electron chi connectivity index (χ2n) is 4.80. The van der Waals surface area contributed by atoms with E-state index in [1.165, 1.54) is 31.2 Å². The molecule has 0 bridgehead atoms. The summed E-state index contributed by atoms with van der Waals surface area (Å²) in [6, 6.07) is 8.29. The van der Waals surface area contributed by atoms with Gasteiger partial charge in [-0.3, -0.25) is 0 Å². The lowest BCUT2D eigenvalue weighted by molar-refractivity contribution is 0.291. The molecule has 1 fully saturated rings. The second kappa shape index (κ2) is 6.65. The molecule has 0 saturated heterocycles. The Kier molecular flexibility index (Phi) is 4.87. The Hall–Kier alpha value is -1.02. The highest BCUT2D eigenvalue weighted by atomic mass is 16.5. The molecular weight excluding hydrogens is 210 g/mol. The molecule has 1 aliphatic carbocycles. The average Bonchev–Trinajstić information content (AvgIpc) is 2.29. The Morgan fingerprint density at radius 1 is 1.29 bits per heavy atom. The number of nitrogens with one attached hydrogen (secondary N) is 1. The number of hydrogen-bond acceptors (Lipinski definition) is 2. The van der Waals surface area contributed by atoms with Crippen LogP contribution in [-0.2, 0) is 6.54 Å². The maximum absolute atomic E-state index is 5.61. The molecule has 0 aromatic heterocycles. The summed E-state index contributed by atoms with van der Waals surface area (Å²) in [5.41, 5.74) is 1.27. The topological polar surface area (TPSA) is 21.3 Å². The largest absolute Gasteiger partial charge is 0.494 e. The molecule has 0 atom stereocenters. The van der Waals surface area contributed by atoms with Crippen molar-refractivity contribution in [2.24, 2.45) is 5.92 Å². The molecule has 0 aliphatic heterocycles. The lowest BCUT2D eigenvalue weighted by Gasteiger charge is -2.25. The first-order valence-corrected chi connectivity index (χ1v) is 6.81. The summed E-state index contributed by atoms with van der Waals surface area (Å²) >= 11 is 0. The van der Waals surface area contributed by atoms with Crippen LogP contribution in [0.1, 0.15) is 38.2 Å². The summed E-state index contributed by atoms with van der Waals surface area (Å²) in [7, 11) is 0. The predicted molar refractivity (Wildman–Crippen MR) is 71.3 cm³/mol. The molecule has 1 aromatic carbocycles. The average molecular weight is 233 g/mol. The van der Waals surface area contributed by atoms with Crippen LogP contribution >= 0.6 is 0 Å². The highest BCUT2D eigenvalue weighted by Gasteiger charge is 2.16. The van der Waals surface area contributed by atoms with Crippen molar-refractivity contribution in [2.75, 3.05) is 13.2 Å². The van der Waals surface area contributed by atoms with Crippen LogP contribution in [0.2, 0.25) is 0 Å². The van der Waals surface area contributed by atoms with Crippen molar-refractivity contribution in [1.29, 1.82) is 0 Å². The Labute approximate surface area is 104 Å². The van der Waals surface area contributed by atoms with Crippen molar-refractivity contribution in [1.82, 2.24) is 5.32 Å². The van der Waals surface area contributed by atoms with Crippen LogP contribution in [0, 0.1) is 5.92 Å². The fraction of sp³-hybridized carbons (Fsp3) is 0.600. The van der Waals surface area contributed by atoms with Gasteiger partial charge in [0.1, 0.15) is 5.75 Å². The lowest BCUT2D eigenvalue weighted by atomic mass is 9.83. The maximum atomic E-state index is 5.61. The van der Waals surface area contributed by atoms with Gasteiger partial charge in [0.05, 0.1) is 6.61 Å². The maximum Gasteiger partial charge on any atom is 0.123 e. The summed E-state index contributed by atoms with van der Waals surface area (Å²) in [6.45, 7) is 4.81. The van der Waals surface area contributed by atoms with Gasteiger partial charge in [0.2, 0.25) is 0 Å². The summed E-state index contributed by atoms with van der Waals surface area (Å²) in [4.78, 5) is 0. The van der Waals surface area contributed by atoms with E-state index < -0.39 is 0 Å². The van der Waals surface area contributed by atoms with Gasteiger partial charge in [-0.05, 0) is 31.9 Å². The molecule has 0 spiro atoms. The van der Waals surface area contributed by atoms with E-state index in [4.69, 9.17) is 4.74 Å². The molecular formula is C15H23NO.